The quantitative estimate of drug-likeness (QED) is 0.806. The number of halogens is 1. The van der Waals surface area contributed by atoms with Gasteiger partial charge in [0.25, 0.3) is 0 Å². The van der Waals surface area contributed by atoms with Crippen LogP contribution in [0.3, 0.4) is 0 Å². The van der Waals surface area contributed by atoms with Gasteiger partial charge in [-0.3, -0.25) is 4.79 Å². The topological polar surface area (TPSA) is 64.3 Å². The van der Waals surface area contributed by atoms with E-state index >= 15 is 0 Å². The molecule has 1 rings (SSSR count). The first kappa shape index (κ1) is 12.6. The molecule has 0 saturated heterocycles. The van der Waals surface area contributed by atoms with Crippen molar-refractivity contribution in [1.82, 2.24) is 0 Å². The van der Waals surface area contributed by atoms with Gasteiger partial charge in [-0.2, -0.15) is 0 Å². The summed E-state index contributed by atoms with van der Waals surface area (Å²) in [5, 5.41) is 2.52. The summed E-state index contributed by atoms with van der Waals surface area (Å²) in [6.07, 6.45) is 0. The second-order valence-electron chi connectivity index (χ2n) is 3.57. The number of nitrogens with two attached hydrogens (primary N) is 1. The Hall–Kier alpha value is -1.46. The molecule has 0 aliphatic heterocycles. The van der Waals surface area contributed by atoms with E-state index in [0.717, 1.165) is 5.56 Å². The minimum atomic E-state index is -0.756. The number of amides is 1. The Kier molecular flexibility index (Phi) is 4.39. The van der Waals surface area contributed by atoms with Gasteiger partial charge in [-0.25, -0.2) is 4.39 Å². The average molecular weight is 226 g/mol. The number of hydrogen-bond donors (Lipinski definition) is 2. The van der Waals surface area contributed by atoms with Gasteiger partial charge in [-0.15, -0.1) is 0 Å². The molecule has 0 saturated carbocycles. The fraction of sp³-hybridized carbons (Fsp3) is 0.364. The first-order chi connectivity index (χ1) is 7.52. The summed E-state index contributed by atoms with van der Waals surface area (Å²) in [7, 11) is 1.46. The van der Waals surface area contributed by atoms with Crippen molar-refractivity contribution in [3.63, 3.8) is 0 Å². The Morgan fingerprint density at radius 2 is 2.25 bits per heavy atom. The van der Waals surface area contributed by atoms with Crippen LogP contribution in [0.1, 0.15) is 5.56 Å². The number of rotatable bonds is 4. The second kappa shape index (κ2) is 5.58. The lowest BCUT2D eigenvalue weighted by molar-refractivity contribution is -0.118. The molecular weight excluding hydrogens is 211 g/mol. The lowest BCUT2D eigenvalue weighted by Crippen LogP contribution is -2.39. The van der Waals surface area contributed by atoms with E-state index in [-0.39, 0.29) is 6.61 Å². The van der Waals surface area contributed by atoms with Gasteiger partial charge in [0.15, 0.2) is 0 Å². The van der Waals surface area contributed by atoms with E-state index in [1.165, 1.54) is 19.2 Å². The highest BCUT2D eigenvalue weighted by Gasteiger charge is 2.13. The fourth-order valence-electron chi connectivity index (χ4n) is 1.30. The SMILES string of the molecule is COCC(N)C(=O)Nc1cc(C)cc(F)c1. The highest BCUT2D eigenvalue weighted by molar-refractivity contribution is 5.94. The van der Waals surface area contributed by atoms with Crippen molar-refractivity contribution < 1.29 is 13.9 Å². The van der Waals surface area contributed by atoms with Gasteiger partial charge < -0.3 is 15.8 Å². The molecule has 3 N–H and O–H groups in total. The summed E-state index contributed by atoms with van der Waals surface area (Å²) in [6, 6.07) is 3.53. The highest BCUT2D eigenvalue weighted by Crippen LogP contribution is 2.13. The van der Waals surface area contributed by atoms with E-state index in [0.29, 0.717) is 5.69 Å². The Labute approximate surface area is 93.6 Å². The molecule has 0 fully saturated rings. The zero-order chi connectivity index (χ0) is 12.1. The zero-order valence-corrected chi connectivity index (χ0v) is 9.29. The molecule has 0 radical (unpaired) electrons. The molecule has 16 heavy (non-hydrogen) atoms. The van der Waals surface area contributed by atoms with E-state index in [2.05, 4.69) is 5.32 Å². The molecule has 1 unspecified atom stereocenters. The van der Waals surface area contributed by atoms with Gasteiger partial charge in [-0.1, -0.05) is 0 Å². The predicted molar refractivity (Wildman–Crippen MR) is 59.6 cm³/mol. The van der Waals surface area contributed by atoms with E-state index in [9.17, 15) is 9.18 Å². The van der Waals surface area contributed by atoms with Crippen LogP contribution in [0.5, 0.6) is 0 Å². The van der Waals surface area contributed by atoms with Crippen molar-refractivity contribution >= 4 is 11.6 Å². The van der Waals surface area contributed by atoms with Crippen LogP contribution in [0.15, 0.2) is 18.2 Å². The monoisotopic (exact) mass is 226 g/mol. The van der Waals surface area contributed by atoms with Crippen LogP contribution in [-0.2, 0) is 9.53 Å². The smallest absolute Gasteiger partial charge is 0.243 e. The van der Waals surface area contributed by atoms with Gasteiger partial charge >= 0.3 is 0 Å². The summed E-state index contributed by atoms with van der Waals surface area (Å²) >= 11 is 0. The third-order valence-electron chi connectivity index (χ3n) is 1.99. The normalized spacial score (nSPS) is 12.2. The van der Waals surface area contributed by atoms with Crippen molar-refractivity contribution in [2.45, 2.75) is 13.0 Å². The maximum atomic E-state index is 13.0. The standard InChI is InChI=1S/C11H15FN2O2/c1-7-3-8(12)5-9(4-7)14-11(15)10(13)6-16-2/h3-5,10H,6,13H2,1-2H3,(H,14,15). The van der Waals surface area contributed by atoms with Gasteiger partial charge in [-0.05, 0) is 30.7 Å². The molecule has 1 aromatic rings. The van der Waals surface area contributed by atoms with Crippen molar-refractivity contribution in [3.05, 3.63) is 29.6 Å². The molecule has 0 bridgehead atoms. The number of benzene rings is 1. The molecule has 0 aliphatic rings. The summed E-state index contributed by atoms with van der Waals surface area (Å²) in [5.74, 6) is -0.789. The second-order valence-corrected chi connectivity index (χ2v) is 3.57. The van der Waals surface area contributed by atoms with Crippen molar-refractivity contribution in [3.8, 4) is 0 Å². The summed E-state index contributed by atoms with van der Waals surface area (Å²) in [6.45, 7) is 1.87. The number of aryl methyl sites for hydroxylation is 1. The lowest BCUT2D eigenvalue weighted by atomic mass is 10.2. The molecule has 0 heterocycles. The predicted octanol–water partition coefficient (Wildman–Crippen LogP) is 1.05. The van der Waals surface area contributed by atoms with E-state index < -0.39 is 17.8 Å². The van der Waals surface area contributed by atoms with Crippen LogP contribution >= 0.6 is 0 Å². The first-order valence-electron chi connectivity index (χ1n) is 4.85. The molecule has 0 spiro atoms. The summed E-state index contributed by atoms with van der Waals surface area (Å²) in [4.78, 5) is 11.5. The van der Waals surface area contributed by atoms with Crippen LogP contribution in [0.2, 0.25) is 0 Å². The largest absolute Gasteiger partial charge is 0.383 e. The minimum Gasteiger partial charge on any atom is -0.383 e. The molecule has 1 aromatic carbocycles. The maximum absolute atomic E-state index is 13.0. The van der Waals surface area contributed by atoms with Gasteiger partial charge in [0.2, 0.25) is 5.91 Å². The van der Waals surface area contributed by atoms with E-state index in [1.807, 2.05) is 0 Å². The number of methoxy groups -OCH3 is 1. The van der Waals surface area contributed by atoms with Crippen LogP contribution in [0.4, 0.5) is 10.1 Å². The van der Waals surface area contributed by atoms with Gasteiger partial charge in [0.1, 0.15) is 11.9 Å². The summed E-state index contributed by atoms with van der Waals surface area (Å²) < 4.78 is 17.8. The average Bonchev–Trinajstić information content (AvgIpc) is 2.16. The molecular formula is C11H15FN2O2. The Morgan fingerprint density at radius 3 is 2.81 bits per heavy atom. The van der Waals surface area contributed by atoms with Crippen molar-refractivity contribution in [2.75, 3.05) is 19.0 Å². The Morgan fingerprint density at radius 1 is 1.56 bits per heavy atom. The fourth-order valence-corrected chi connectivity index (χ4v) is 1.30. The lowest BCUT2D eigenvalue weighted by Gasteiger charge is -2.11. The third kappa shape index (κ3) is 3.60. The van der Waals surface area contributed by atoms with Crippen molar-refractivity contribution in [1.29, 1.82) is 0 Å². The van der Waals surface area contributed by atoms with E-state index in [4.69, 9.17) is 10.5 Å². The summed E-state index contributed by atoms with van der Waals surface area (Å²) in [5.41, 5.74) is 6.65. The highest BCUT2D eigenvalue weighted by atomic mass is 19.1. The molecule has 4 nitrogen and oxygen atoms in total. The Balaban J connectivity index is 2.69. The molecule has 88 valence electrons. The van der Waals surface area contributed by atoms with Gasteiger partial charge in [0, 0.05) is 12.8 Å². The number of anilines is 1. The third-order valence-corrected chi connectivity index (χ3v) is 1.99. The van der Waals surface area contributed by atoms with Crippen LogP contribution in [0.25, 0.3) is 0 Å². The zero-order valence-electron chi connectivity index (χ0n) is 9.29. The Bertz CT molecular complexity index is 362. The van der Waals surface area contributed by atoms with Crippen molar-refractivity contribution in [2.24, 2.45) is 5.73 Å². The minimum absolute atomic E-state index is 0.125. The number of nitrogens with one attached hydrogen (secondary N) is 1. The van der Waals surface area contributed by atoms with Gasteiger partial charge in [0.05, 0.1) is 6.61 Å². The number of hydrogen-bond acceptors (Lipinski definition) is 3. The number of ether oxygens (including phenoxy) is 1. The van der Waals surface area contributed by atoms with Crippen LogP contribution < -0.4 is 11.1 Å². The number of carbonyl (C=O) groups is 1. The van der Waals surface area contributed by atoms with Crippen LogP contribution in [-0.4, -0.2) is 25.7 Å². The molecule has 5 heteroatoms. The maximum Gasteiger partial charge on any atom is 0.243 e. The van der Waals surface area contributed by atoms with Crippen LogP contribution in [0, 0.1) is 12.7 Å². The number of carbonyl (C=O) groups excluding carboxylic acids is 1. The molecule has 1 atom stereocenters. The molecule has 0 aromatic heterocycles. The molecule has 1 amide bonds. The molecule has 0 aliphatic carbocycles. The first-order valence-corrected chi connectivity index (χ1v) is 4.85. The van der Waals surface area contributed by atoms with E-state index in [1.54, 1.807) is 13.0 Å².